The molecule has 0 saturated heterocycles. The second kappa shape index (κ2) is 5.33. The molecule has 19 heavy (non-hydrogen) atoms. The van der Waals surface area contributed by atoms with E-state index in [0.29, 0.717) is 6.54 Å². The molecule has 1 aromatic heterocycles. The largest absolute Gasteiger partial charge is 0.378 e. The first-order valence-electron chi connectivity index (χ1n) is 6.28. The van der Waals surface area contributed by atoms with Crippen LogP contribution in [0.2, 0.25) is 0 Å². The normalized spacial score (nSPS) is 11.6. The Hall–Kier alpha value is -1.36. The zero-order valence-electron chi connectivity index (χ0n) is 11.7. The molecular formula is C14H19BrN4. The molecule has 0 amide bonds. The van der Waals surface area contributed by atoms with E-state index >= 15 is 0 Å². The molecule has 1 N–H and O–H groups in total. The quantitative estimate of drug-likeness (QED) is 0.936. The van der Waals surface area contributed by atoms with Crippen LogP contribution in [0, 0.1) is 6.92 Å². The molecule has 4 nitrogen and oxygen atoms in total. The molecular weight excluding hydrogens is 304 g/mol. The van der Waals surface area contributed by atoms with Crippen molar-refractivity contribution in [1.82, 2.24) is 15.0 Å². The third kappa shape index (κ3) is 3.35. The number of anilines is 1. The Morgan fingerprint density at radius 3 is 2.68 bits per heavy atom. The molecule has 0 aliphatic carbocycles. The summed E-state index contributed by atoms with van der Waals surface area (Å²) in [6.07, 6.45) is 1.98. The van der Waals surface area contributed by atoms with Crippen molar-refractivity contribution in [2.45, 2.75) is 39.8 Å². The monoisotopic (exact) mass is 322 g/mol. The van der Waals surface area contributed by atoms with Crippen LogP contribution in [0.5, 0.6) is 0 Å². The number of hydrogen-bond donors (Lipinski definition) is 1. The Kier molecular flexibility index (Phi) is 3.94. The lowest BCUT2D eigenvalue weighted by atomic mass is 10.1. The standard InChI is InChI=1S/C14H19BrN4/c1-10-6-5-7-12(13(10)15)16-8-11-9-19(18-17-11)14(2,3)4/h5-7,9,16H,8H2,1-4H3. The van der Waals surface area contributed by atoms with Crippen LogP contribution in [0.4, 0.5) is 5.69 Å². The van der Waals surface area contributed by atoms with Crippen molar-refractivity contribution >= 4 is 21.6 Å². The van der Waals surface area contributed by atoms with Crippen molar-refractivity contribution in [1.29, 1.82) is 0 Å². The number of benzene rings is 1. The molecule has 0 fully saturated rings. The third-order valence-corrected chi connectivity index (χ3v) is 3.93. The second-order valence-corrected chi connectivity index (χ2v) is 6.41. The van der Waals surface area contributed by atoms with Crippen LogP contribution in [0.3, 0.4) is 0 Å². The minimum absolute atomic E-state index is 0.0326. The van der Waals surface area contributed by atoms with Gasteiger partial charge in [0.1, 0.15) is 5.69 Å². The number of rotatable bonds is 3. The van der Waals surface area contributed by atoms with Gasteiger partial charge in [-0.3, -0.25) is 0 Å². The maximum Gasteiger partial charge on any atom is 0.102 e. The molecule has 0 unspecified atom stereocenters. The van der Waals surface area contributed by atoms with Gasteiger partial charge in [0.2, 0.25) is 0 Å². The molecule has 102 valence electrons. The number of aromatic nitrogens is 3. The van der Waals surface area contributed by atoms with Crippen LogP contribution in [-0.2, 0) is 12.1 Å². The van der Waals surface area contributed by atoms with Crippen molar-refractivity contribution in [3.8, 4) is 0 Å². The van der Waals surface area contributed by atoms with E-state index in [0.717, 1.165) is 15.9 Å². The highest BCUT2D eigenvalue weighted by molar-refractivity contribution is 9.10. The fraction of sp³-hybridized carbons (Fsp3) is 0.429. The van der Waals surface area contributed by atoms with Gasteiger partial charge in [-0.2, -0.15) is 0 Å². The highest BCUT2D eigenvalue weighted by Crippen LogP contribution is 2.26. The molecule has 1 heterocycles. The van der Waals surface area contributed by atoms with E-state index in [1.807, 2.05) is 23.0 Å². The third-order valence-electron chi connectivity index (χ3n) is 2.88. The predicted octanol–water partition coefficient (Wildman–Crippen LogP) is 3.72. The van der Waals surface area contributed by atoms with Crippen LogP contribution < -0.4 is 5.32 Å². The summed E-state index contributed by atoms with van der Waals surface area (Å²) >= 11 is 3.59. The Morgan fingerprint density at radius 2 is 2.05 bits per heavy atom. The Labute approximate surface area is 122 Å². The summed E-state index contributed by atoms with van der Waals surface area (Å²) in [6.45, 7) is 9.06. The van der Waals surface area contributed by atoms with Crippen LogP contribution >= 0.6 is 15.9 Å². The van der Waals surface area contributed by atoms with E-state index in [1.165, 1.54) is 5.56 Å². The number of nitrogens with zero attached hydrogens (tertiary/aromatic N) is 3. The number of halogens is 1. The van der Waals surface area contributed by atoms with Crippen molar-refractivity contribution in [2.75, 3.05) is 5.32 Å². The lowest BCUT2D eigenvalue weighted by Gasteiger charge is -2.17. The Morgan fingerprint density at radius 1 is 1.32 bits per heavy atom. The molecule has 5 heteroatoms. The van der Waals surface area contributed by atoms with Gasteiger partial charge in [-0.25, -0.2) is 4.68 Å². The lowest BCUT2D eigenvalue weighted by Crippen LogP contribution is -2.22. The Bertz CT molecular complexity index is 569. The molecule has 0 aliphatic heterocycles. The van der Waals surface area contributed by atoms with E-state index < -0.39 is 0 Å². The van der Waals surface area contributed by atoms with E-state index in [2.05, 4.69) is 65.3 Å². The smallest absolute Gasteiger partial charge is 0.102 e. The van der Waals surface area contributed by atoms with Gasteiger partial charge < -0.3 is 5.32 Å². The van der Waals surface area contributed by atoms with Crippen LogP contribution in [0.15, 0.2) is 28.9 Å². The zero-order valence-corrected chi connectivity index (χ0v) is 13.3. The molecule has 0 bridgehead atoms. The average Bonchev–Trinajstić information content (AvgIpc) is 2.79. The van der Waals surface area contributed by atoms with Gasteiger partial charge in [-0.15, -0.1) is 5.10 Å². The number of nitrogens with one attached hydrogen (secondary N) is 1. The highest BCUT2D eigenvalue weighted by atomic mass is 79.9. The summed E-state index contributed by atoms with van der Waals surface area (Å²) in [5.74, 6) is 0. The van der Waals surface area contributed by atoms with Crippen LogP contribution in [0.25, 0.3) is 0 Å². The zero-order chi connectivity index (χ0) is 14.0. The highest BCUT2D eigenvalue weighted by Gasteiger charge is 2.15. The van der Waals surface area contributed by atoms with Gasteiger partial charge in [0, 0.05) is 10.2 Å². The summed E-state index contributed by atoms with van der Waals surface area (Å²) < 4.78 is 2.98. The summed E-state index contributed by atoms with van der Waals surface area (Å²) in [6, 6.07) is 6.16. The lowest BCUT2D eigenvalue weighted by molar-refractivity contribution is 0.347. The molecule has 0 atom stereocenters. The molecule has 2 rings (SSSR count). The van der Waals surface area contributed by atoms with Gasteiger partial charge in [-0.05, 0) is 55.3 Å². The SMILES string of the molecule is Cc1cccc(NCc2cn(C(C)(C)C)nn2)c1Br. The van der Waals surface area contributed by atoms with Crippen molar-refractivity contribution in [3.63, 3.8) is 0 Å². The minimum Gasteiger partial charge on any atom is -0.378 e. The summed E-state index contributed by atoms with van der Waals surface area (Å²) in [5, 5.41) is 11.7. The maximum absolute atomic E-state index is 4.18. The molecule has 1 aromatic carbocycles. The van der Waals surface area contributed by atoms with Crippen molar-refractivity contribution in [2.24, 2.45) is 0 Å². The van der Waals surface area contributed by atoms with Gasteiger partial charge >= 0.3 is 0 Å². The second-order valence-electron chi connectivity index (χ2n) is 5.62. The topological polar surface area (TPSA) is 42.7 Å². The van der Waals surface area contributed by atoms with E-state index in [-0.39, 0.29) is 5.54 Å². The summed E-state index contributed by atoms with van der Waals surface area (Å²) in [4.78, 5) is 0. The fourth-order valence-electron chi connectivity index (χ4n) is 1.68. The van der Waals surface area contributed by atoms with Gasteiger partial charge in [-0.1, -0.05) is 17.3 Å². The van der Waals surface area contributed by atoms with Crippen LogP contribution in [-0.4, -0.2) is 15.0 Å². The predicted molar refractivity (Wildman–Crippen MR) is 81.2 cm³/mol. The van der Waals surface area contributed by atoms with Crippen molar-refractivity contribution in [3.05, 3.63) is 40.1 Å². The van der Waals surface area contributed by atoms with E-state index in [9.17, 15) is 0 Å². The molecule has 0 saturated carbocycles. The maximum atomic E-state index is 4.18. The summed E-state index contributed by atoms with van der Waals surface area (Å²) in [5.41, 5.74) is 3.19. The van der Waals surface area contributed by atoms with Gasteiger partial charge in [0.25, 0.3) is 0 Å². The van der Waals surface area contributed by atoms with Crippen LogP contribution in [0.1, 0.15) is 32.0 Å². The van der Waals surface area contributed by atoms with Gasteiger partial charge in [0.15, 0.2) is 0 Å². The number of aryl methyl sites for hydroxylation is 1. The minimum atomic E-state index is -0.0326. The average molecular weight is 323 g/mol. The molecule has 0 spiro atoms. The first-order valence-corrected chi connectivity index (χ1v) is 7.08. The summed E-state index contributed by atoms with van der Waals surface area (Å²) in [7, 11) is 0. The van der Waals surface area contributed by atoms with E-state index in [1.54, 1.807) is 0 Å². The molecule has 2 aromatic rings. The first kappa shape index (κ1) is 14.1. The van der Waals surface area contributed by atoms with Gasteiger partial charge in [0.05, 0.1) is 18.3 Å². The number of hydrogen-bond acceptors (Lipinski definition) is 3. The Balaban J connectivity index is 2.07. The molecule has 0 radical (unpaired) electrons. The molecule has 0 aliphatic rings. The fourth-order valence-corrected chi connectivity index (χ4v) is 2.08. The first-order chi connectivity index (χ1) is 8.88. The van der Waals surface area contributed by atoms with Crippen molar-refractivity contribution < 1.29 is 0 Å². The van der Waals surface area contributed by atoms with E-state index in [4.69, 9.17) is 0 Å².